The van der Waals surface area contributed by atoms with E-state index in [0.29, 0.717) is 25.7 Å². The lowest BCUT2D eigenvalue weighted by atomic mass is 10.0. The number of aliphatic hydroxyl groups excluding tert-OH is 1. The van der Waals surface area contributed by atoms with Gasteiger partial charge >= 0.3 is 39.5 Å². The van der Waals surface area contributed by atoms with Crippen LogP contribution in [0.25, 0.3) is 0 Å². The Hall–Kier alpha value is -2.46. The lowest BCUT2D eigenvalue weighted by Gasteiger charge is -2.21. The van der Waals surface area contributed by atoms with Crippen molar-refractivity contribution in [2.24, 2.45) is 5.92 Å². The molecule has 0 aliphatic carbocycles. The number of ether oxygens (including phenoxy) is 4. The summed E-state index contributed by atoms with van der Waals surface area (Å²) in [6, 6.07) is 0. The number of allylic oxidation sites excluding steroid dienone is 4. The third-order valence-corrected chi connectivity index (χ3v) is 20.3. The van der Waals surface area contributed by atoms with Crippen molar-refractivity contribution in [3.8, 4) is 0 Å². The minimum atomic E-state index is -4.97. The lowest BCUT2D eigenvalue weighted by molar-refractivity contribution is -0.161. The molecule has 590 valence electrons. The molecule has 0 saturated carbocycles. The molecule has 0 rings (SSSR count). The molecule has 19 heteroatoms. The second-order valence-corrected chi connectivity index (χ2v) is 31.9. The number of phosphoric ester groups is 2. The lowest BCUT2D eigenvalue weighted by Crippen LogP contribution is -2.30. The summed E-state index contributed by atoms with van der Waals surface area (Å²) < 4.78 is 68.7. The molecule has 0 spiro atoms. The van der Waals surface area contributed by atoms with Gasteiger partial charge in [0.05, 0.1) is 26.4 Å². The van der Waals surface area contributed by atoms with Gasteiger partial charge in [-0.25, -0.2) is 9.13 Å². The molecular weight excluding hydrogens is 1310 g/mol. The molecule has 0 heterocycles. The monoisotopic (exact) mass is 1460 g/mol. The van der Waals surface area contributed by atoms with E-state index >= 15 is 0 Å². The average molecular weight is 1460 g/mol. The number of unbranched alkanes of at least 4 members (excludes halogenated alkanes) is 48. The summed E-state index contributed by atoms with van der Waals surface area (Å²) in [6.07, 6.45) is 67.2. The van der Waals surface area contributed by atoms with E-state index in [4.69, 9.17) is 37.0 Å². The molecule has 0 aliphatic heterocycles. The fourth-order valence-electron chi connectivity index (χ4n) is 12.0. The van der Waals surface area contributed by atoms with Gasteiger partial charge in [0.2, 0.25) is 0 Å². The third kappa shape index (κ3) is 73.8. The topological polar surface area (TPSA) is 237 Å². The number of hydrogen-bond donors (Lipinski definition) is 3. The number of aliphatic hydroxyl groups is 1. The first-order valence-corrected chi connectivity index (χ1v) is 44.4. The second kappa shape index (κ2) is 73.4. The normalized spacial score (nSPS) is 14.0. The van der Waals surface area contributed by atoms with Gasteiger partial charge in [-0.3, -0.25) is 37.3 Å². The Kier molecular flexibility index (Phi) is 71.6. The van der Waals surface area contributed by atoms with E-state index in [2.05, 4.69) is 58.9 Å². The number of phosphoric acid groups is 2. The summed E-state index contributed by atoms with van der Waals surface area (Å²) in [4.78, 5) is 73.0. The maximum Gasteiger partial charge on any atom is 0.472 e. The molecule has 2 unspecified atom stereocenters. The van der Waals surface area contributed by atoms with Crippen molar-refractivity contribution in [2.75, 3.05) is 39.6 Å². The molecule has 17 nitrogen and oxygen atoms in total. The summed E-state index contributed by atoms with van der Waals surface area (Å²) >= 11 is 0. The van der Waals surface area contributed by atoms with Crippen molar-refractivity contribution in [3.05, 3.63) is 24.3 Å². The van der Waals surface area contributed by atoms with Gasteiger partial charge in [0.25, 0.3) is 0 Å². The Balaban J connectivity index is 5.30. The van der Waals surface area contributed by atoms with E-state index < -0.39 is 97.5 Å². The molecule has 3 N–H and O–H groups in total. The summed E-state index contributed by atoms with van der Waals surface area (Å²) in [5, 5.41) is 10.6. The number of hydrogen-bond acceptors (Lipinski definition) is 15. The molecule has 0 fully saturated rings. The standard InChI is InChI=1S/C81H154O17P2/c1-6-9-12-15-18-21-24-27-30-36-40-45-50-55-60-65-79(84)92-71-77(98-81(86)67-62-57-52-47-42-37-32-29-31-34-38-43-48-53-58-63-74(4)5)73-96-100(89,90)94-69-75(82)68-93-99(87,88)95-72-76(70-91-78(83)64-59-54-49-44-39-33-26-23-20-17-14-11-8-3)97-80(85)66-61-56-51-46-41-35-28-25-22-19-16-13-10-7-2/h21,24,27,30,74-77,82H,6-20,22-23,25-26,28-29,31-73H2,1-5H3,(H,87,88)(H,89,90)/b24-21-,30-27-/t75-,76+,77+/m0/s1. The van der Waals surface area contributed by atoms with E-state index in [1.165, 1.54) is 212 Å². The van der Waals surface area contributed by atoms with Gasteiger partial charge in [-0.2, -0.15) is 0 Å². The minimum Gasteiger partial charge on any atom is -0.462 e. The number of carbonyl (C=O) groups is 4. The fraction of sp³-hybridized carbons (Fsp3) is 0.901. The number of carbonyl (C=O) groups excluding carboxylic acids is 4. The molecule has 0 amide bonds. The van der Waals surface area contributed by atoms with E-state index in [9.17, 15) is 43.2 Å². The van der Waals surface area contributed by atoms with Crippen molar-refractivity contribution < 1.29 is 80.2 Å². The van der Waals surface area contributed by atoms with Crippen LogP contribution in [0.4, 0.5) is 0 Å². The minimum absolute atomic E-state index is 0.101. The van der Waals surface area contributed by atoms with Crippen molar-refractivity contribution in [2.45, 2.75) is 425 Å². The highest BCUT2D eigenvalue weighted by molar-refractivity contribution is 7.47. The van der Waals surface area contributed by atoms with Gasteiger partial charge in [-0.15, -0.1) is 0 Å². The molecular formula is C81H154O17P2. The molecule has 100 heavy (non-hydrogen) atoms. The summed E-state index contributed by atoms with van der Waals surface area (Å²) in [7, 11) is -9.93. The van der Waals surface area contributed by atoms with Crippen molar-refractivity contribution >= 4 is 39.5 Å². The van der Waals surface area contributed by atoms with Crippen LogP contribution in [0.5, 0.6) is 0 Å². The smallest absolute Gasteiger partial charge is 0.462 e. The Morgan fingerprint density at radius 3 is 0.820 bits per heavy atom. The Labute approximate surface area is 612 Å². The summed E-state index contributed by atoms with van der Waals surface area (Å²) in [5.74, 6) is -1.33. The van der Waals surface area contributed by atoms with E-state index in [0.717, 1.165) is 115 Å². The molecule has 0 radical (unpaired) electrons. The highest BCUT2D eigenvalue weighted by atomic mass is 31.2. The van der Waals surface area contributed by atoms with Crippen LogP contribution in [0.1, 0.15) is 407 Å². The van der Waals surface area contributed by atoms with Crippen LogP contribution in [-0.2, 0) is 65.4 Å². The largest absolute Gasteiger partial charge is 0.472 e. The highest BCUT2D eigenvalue weighted by Crippen LogP contribution is 2.45. The van der Waals surface area contributed by atoms with E-state index in [1.807, 2.05) is 0 Å². The predicted octanol–water partition coefficient (Wildman–Crippen LogP) is 24.0. The van der Waals surface area contributed by atoms with Gasteiger partial charge in [0.1, 0.15) is 19.3 Å². The van der Waals surface area contributed by atoms with Gasteiger partial charge in [-0.1, -0.05) is 354 Å². The van der Waals surface area contributed by atoms with Crippen LogP contribution >= 0.6 is 15.6 Å². The zero-order valence-electron chi connectivity index (χ0n) is 64.8. The third-order valence-electron chi connectivity index (χ3n) is 18.4. The van der Waals surface area contributed by atoms with Gasteiger partial charge in [0, 0.05) is 25.7 Å². The molecule has 0 bridgehead atoms. The molecule has 0 aromatic carbocycles. The van der Waals surface area contributed by atoms with Gasteiger partial charge in [0.15, 0.2) is 12.2 Å². The summed E-state index contributed by atoms with van der Waals surface area (Å²) in [6.45, 7) is 7.30. The fourth-order valence-corrected chi connectivity index (χ4v) is 13.6. The second-order valence-electron chi connectivity index (χ2n) is 29.0. The quantitative estimate of drug-likeness (QED) is 0.0169. The molecule has 0 aromatic rings. The van der Waals surface area contributed by atoms with Crippen LogP contribution < -0.4 is 0 Å². The summed E-state index contributed by atoms with van der Waals surface area (Å²) in [5.41, 5.74) is 0. The average Bonchev–Trinajstić information content (AvgIpc) is 0.930. The van der Waals surface area contributed by atoms with Crippen LogP contribution in [0.2, 0.25) is 0 Å². The molecule has 0 aliphatic rings. The maximum atomic E-state index is 13.1. The Morgan fingerprint density at radius 2 is 0.540 bits per heavy atom. The first kappa shape index (κ1) is 97.5. The zero-order valence-corrected chi connectivity index (χ0v) is 66.6. The Bertz CT molecular complexity index is 2000. The molecule has 0 saturated heterocycles. The molecule has 0 aromatic heterocycles. The number of esters is 4. The SMILES string of the molecule is CCCCCC/C=C\C=C/CCCCCCCC(=O)OC[C@H](COP(=O)(O)OC[C@@H](O)COP(=O)(O)OC[C@@H](COC(=O)CCCCCCCCCCCCCCC)OC(=O)CCCCCCCCCCCCCCCC)OC(=O)CCCCCCCCCCCCCCCCCC(C)C. The van der Waals surface area contributed by atoms with Crippen LogP contribution in [0.3, 0.4) is 0 Å². The first-order valence-electron chi connectivity index (χ1n) is 41.5. The predicted molar refractivity (Wildman–Crippen MR) is 409 cm³/mol. The Morgan fingerprint density at radius 1 is 0.310 bits per heavy atom. The first-order chi connectivity index (χ1) is 48.5. The van der Waals surface area contributed by atoms with Crippen LogP contribution in [-0.4, -0.2) is 96.7 Å². The van der Waals surface area contributed by atoms with E-state index in [1.54, 1.807) is 0 Å². The van der Waals surface area contributed by atoms with Crippen molar-refractivity contribution in [1.82, 2.24) is 0 Å². The zero-order chi connectivity index (χ0) is 73.4. The molecule has 5 atom stereocenters. The maximum absolute atomic E-state index is 13.1. The van der Waals surface area contributed by atoms with Crippen LogP contribution in [0.15, 0.2) is 24.3 Å². The van der Waals surface area contributed by atoms with Gasteiger partial charge < -0.3 is 33.8 Å². The van der Waals surface area contributed by atoms with Crippen molar-refractivity contribution in [1.29, 1.82) is 0 Å². The van der Waals surface area contributed by atoms with Crippen LogP contribution in [0, 0.1) is 5.92 Å². The number of rotatable bonds is 79. The van der Waals surface area contributed by atoms with Gasteiger partial charge in [-0.05, 0) is 57.3 Å². The van der Waals surface area contributed by atoms with E-state index in [-0.39, 0.29) is 25.7 Å². The van der Waals surface area contributed by atoms with Crippen molar-refractivity contribution in [3.63, 3.8) is 0 Å². The highest BCUT2D eigenvalue weighted by Gasteiger charge is 2.30.